The fraction of sp³-hybridized carbons (Fsp3) is 0.364. The van der Waals surface area contributed by atoms with Crippen LogP contribution >= 0.6 is 11.6 Å². The molecule has 0 unspecified atom stereocenters. The Labute approximate surface area is 160 Å². The second-order valence-corrected chi connectivity index (χ2v) is 7.35. The number of rotatable bonds is 4. The van der Waals surface area contributed by atoms with Gasteiger partial charge in [0.1, 0.15) is 0 Å². The van der Waals surface area contributed by atoms with Crippen molar-refractivity contribution in [3.63, 3.8) is 0 Å². The maximum Gasteiger partial charge on any atom is 0.0920 e. The Morgan fingerprint density at radius 1 is 1.12 bits per heavy atom. The van der Waals surface area contributed by atoms with Gasteiger partial charge in [-0.05, 0) is 61.7 Å². The van der Waals surface area contributed by atoms with E-state index in [9.17, 15) is 5.11 Å². The third-order valence-electron chi connectivity index (χ3n) is 4.96. The minimum absolute atomic E-state index is 0.703. The topological polar surface area (TPSA) is 49.5 Å². The predicted molar refractivity (Wildman–Crippen MR) is 108 cm³/mol. The van der Waals surface area contributed by atoms with Crippen molar-refractivity contribution in [2.75, 3.05) is 25.4 Å². The van der Waals surface area contributed by atoms with E-state index in [0.717, 1.165) is 62.1 Å². The molecule has 1 fully saturated rings. The lowest BCUT2D eigenvalue weighted by atomic mass is 9.84. The number of nitrogens with two attached hydrogens (primary N) is 1. The monoisotopic (exact) mass is 368 g/mol. The van der Waals surface area contributed by atoms with Crippen molar-refractivity contribution in [3.05, 3.63) is 64.7 Å². The van der Waals surface area contributed by atoms with Gasteiger partial charge in [0.2, 0.25) is 0 Å². The zero-order valence-electron chi connectivity index (χ0n) is 14.9. The number of likely N-dealkylation sites (tertiary alicyclic amines) is 1. The highest BCUT2D eigenvalue weighted by Crippen LogP contribution is 2.33. The molecule has 3 N–H and O–H groups in total. The van der Waals surface area contributed by atoms with E-state index in [2.05, 4.69) is 16.7 Å². The Morgan fingerprint density at radius 3 is 2.54 bits per heavy atom. The summed E-state index contributed by atoms with van der Waals surface area (Å²) in [4.78, 5) is 2.41. The highest BCUT2D eigenvalue weighted by Gasteiger charge is 2.33. The van der Waals surface area contributed by atoms with Crippen LogP contribution in [0.1, 0.15) is 36.8 Å². The summed E-state index contributed by atoms with van der Waals surface area (Å²) in [5.74, 6) is 6.38. The van der Waals surface area contributed by atoms with Crippen molar-refractivity contribution >= 4 is 17.3 Å². The zero-order valence-corrected chi connectivity index (χ0v) is 15.7. The number of halogens is 1. The highest BCUT2D eigenvalue weighted by molar-refractivity contribution is 6.30. The fourth-order valence-electron chi connectivity index (χ4n) is 3.37. The first-order valence-electron chi connectivity index (χ1n) is 9.10. The molecule has 3 rings (SSSR count). The van der Waals surface area contributed by atoms with Gasteiger partial charge in [-0.2, -0.15) is 0 Å². The lowest BCUT2D eigenvalue weighted by molar-refractivity contribution is -0.0259. The molecule has 0 radical (unpaired) electrons. The summed E-state index contributed by atoms with van der Waals surface area (Å²) in [6.45, 7) is 2.83. The lowest BCUT2D eigenvalue weighted by Gasteiger charge is -2.38. The van der Waals surface area contributed by atoms with Gasteiger partial charge in [0.15, 0.2) is 0 Å². The van der Waals surface area contributed by atoms with Crippen LogP contribution in [0.25, 0.3) is 0 Å². The van der Waals surface area contributed by atoms with Gasteiger partial charge in [-0.3, -0.25) is 0 Å². The van der Waals surface area contributed by atoms with Crippen LogP contribution in [0, 0.1) is 11.8 Å². The number of hydrogen-bond acceptors (Lipinski definition) is 3. The van der Waals surface area contributed by atoms with Crippen molar-refractivity contribution in [1.82, 2.24) is 4.90 Å². The summed E-state index contributed by atoms with van der Waals surface area (Å²) >= 11 is 5.94. The number of benzene rings is 2. The summed E-state index contributed by atoms with van der Waals surface area (Å²) in [6, 6.07) is 15.2. The van der Waals surface area contributed by atoms with Gasteiger partial charge in [0.25, 0.3) is 0 Å². The molecule has 0 aliphatic carbocycles. The molecule has 0 amide bonds. The Morgan fingerprint density at radius 2 is 1.85 bits per heavy atom. The van der Waals surface area contributed by atoms with Gasteiger partial charge in [-0.25, -0.2) is 0 Å². The summed E-state index contributed by atoms with van der Waals surface area (Å²) in [5, 5.41) is 11.6. The fourth-order valence-corrected chi connectivity index (χ4v) is 3.49. The SMILES string of the molecule is Nc1cccc(C#CCCCN2CCC(O)(c3ccc(Cl)cc3)CC2)c1. The van der Waals surface area contributed by atoms with Crippen molar-refractivity contribution in [3.8, 4) is 11.8 Å². The van der Waals surface area contributed by atoms with E-state index in [1.165, 1.54) is 0 Å². The second-order valence-electron chi connectivity index (χ2n) is 6.91. The molecule has 1 aliphatic heterocycles. The maximum atomic E-state index is 10.9. The van der Waals surface area contributed by atoms with Gasteiger partial charge in [0, 0.05) is 35.8 Å². The number of unbranched alkanes of at least 4 members (excludes halogenated alkanes) is 1. The van der Waals surface area contributed by atoms with Crippen molar-refractivity contribution in [2.45, 2.75) is 31.3 Å². The number of hydrogen-bond donors (Lipinski definition) is 2. The predicted octanol–water partition coefficient (Wildman–Crippen LogP) is 4.04. The van der Waals surface area contributed by atoms with Gasteiger partial charge < -0.3 is 15.7 Å². The molecule has 2 aromatic rings. The van der Waals surface area contributed by atoms with Crippen LogP contribution in [-0.2, 0) is 5.60 Å². The van der Waals surface area contributed by atoms with Crippen molar-refractivity contribution < 1.29 is 5.11 Å². The quantitative estimate of drug-likeness (QED) is 0.486. The smallest absolute Gasteiger partial charge is 0.0920 e. The molecule has 0 spiro atoms. The van der Waals surface area contributed by atoms with E-state index in [1.807, 2.05) is 48.5 Å². The second kappa shape index (κ2) is 8.60. The number of nitrogens with zero attached hydrogens (tertiary/aromatic N) is 1. The Bertz CT molecular complexity index is 784. The van der Waals surface area contributed by atoms with Crippen LogP contribution in [0.2, 0.25) is 5.02 Å². The van der Waals surface area contributed by atoms with Crippen molar-refractivity contribution in [2.24, 2.45) is 0 Å². The van der Waals surface area contributed by atoms with E-state index < -0.39 is 5.60 Å². The normalized spacial score (nSPS) is 16.7. The number of piperidine rings is 1. The molecule has 0 aromatic heterocycles. The molecule has 26 heavy (non-hydrogen) atoms. The summed E-state index contributed by atoms with van der Waals surface area (Å²) in [7, 11) is 0. The highest BCUT2D eigenvalue weighted by atomic mass is 35.5. The molecule has 1 heterocycles. The minimum atomic E-state index is -0.728. The van der Waals surface area contributed by atoms with Crippen LogP contribution < -0.4 is 5.73 Å². The standard InChI is InChI=1S/C22H25ClN2O/c23-20-10-8-19(9-11-20)22(26)12-15-25(16-13-22)14-3-1-2-5-18-6-4-7-21(24)17-18/h4,6-11,17,26H,1,3,12-16,24H2. The van der Waals surface area contributed by atoms with Gasteiger partial charge in [0.05, 0.1) is 5.60 Å². The molecule has 2 aromatic carbocycles. The van der Waals surface area contributed by atoms with Gasteiger partial charge >= 0.3 is 0 Å². The summed E-state index contributed by atoms with van der Waals surface area (Å²) < 4.78 is 0. The first-order chi connectivity index (χ1) is 12.5. The zero-order chi connectivity index (χ0) is 18.4. The van der Waals surface area contributed by atoms with E-state index in [4.69, 9.17) is 17.3 Å². The largest absolute Gasteiger partial charge is 0.399 e. The number of nitrogen functional groups attached to an aromatic ring is 1. The van der Waals surface area contributed by atoms with Crippen LogP contribution in [-0.4, -0.2) is 29.6 Å². The maximum absolute atomic E-state index is 10.9. The van der Waals surface area contributed by atoms with Crippen LogP contribution in [0.15, 0.2) is 48.5 Å². The third-order valence-corrected chi connectivity index (χ3v) is 5.21. The molecule has 3 nitrogen and oxygen atoms in total. The lowest BCUT2D eigenvalue weighted by Crippen LogP contribution is -2.42. The molecule has 0 atom stereocenters. The minimum Gasteiger partial charge on any atom is -0.399 e. The van der Waals surface area contributed by atoms with Crippen molar-refractivity contribution in [1.29, 1.82) is 0 Å². The van der Waals surface area contributed by atoms with E-state index >= 15 is 0 Å². The number of aliphatic hydroxyl groups is 1. The molecule has 136 valence electrons. The van der Waals surface area contributed by atoms with Gasteiger partial charge in [-0.1, -0.05) is 41.6 Å². The number of anilines is 1. The van der Waals surface area contributed by atoms with E-state index in [0.29, 0.717) is 5.02 Å². The average molecular weight is 369 g/mol. The first-order valence-corrected chi connectivity index (χ1v) is 9.48. The Balaban J connectivity index is 1.42. The molecule has 1 aliphatic rings. The Kier molecular flexibility index (Phi) is 6.21. The van der Waals surface area contributed by atoms with Crippen LogP contribution in [0.5, 0.6) is 0 Å². The summed E-state index contributed by atoms with van der Waals surface area (Å²) in [6.07, 6.45) is 3.41. The van der Waals surface area contributed by atoms with E-state index in [1.54, 1.807) is 0 Å². The molecule has 1 saturated heterocycles. The molecule has 0 saturated carbocycles. The molecule has 0 bridgehead atoms. The summed E-state index contributed by atoms with van der Waals surface area (Å²) in [5.41, 5.74) is 7.71. The molecular formula is C22H25ClN2O. The Hall–Kier alpha value is -1.99. The first kappa shape index (κ1) is 18.8. The van der Waals surface area contributed by atoms with E-state index in [-0.39, 0.29) is 0 Å². The molecule has 4 heteroatoms. The van der Waals surface area contributed by atoms with Gasteiger partial charge in [-0.15, -0.1) is 0 Å². The van der Waals surface area contributed by atoms with Crippen LogP contribution in [0.4, 0.5) is 5.69 Å². The van der Waals surface area contributed by atoms with Crippen LogP contribution in [0.3, 0.4) is 0 Å². The third kappa shape index (κ3) is 5.02. The average Bonchev–Trinajstić information content (AvgIpc) is 2.64. The molecular weight excluding hydrogens is 344 g/mol.